The molecule has 7 nitrogen and oxygen atoms in total. The molecule has 2 heterocycles. The number of aromatic nitrogens is 4. The van der Waals surface area contributed by atoms with Gasteiger partial charge in [0.2, 0.25) is 11.8 Å². The summed E-state index contributed by atoms with van der Waals surface area (Å²) in [5.41, 5.74) is 3.88. The Bertz CT molecular complexity index is 1020. The smallest absolute Gasteiger partial charge is 0.224 e. The van der Waals surface area contributed by atoms with E-state index in [1.165, 1.54) is 0 Å². The Kier molecular flexibility index (Phi) is 5.96. The van der Waals surface area contributed by atoms with Gasteiger partial charge in [-0.05, 0) is 63.4 Å². The maximum Gasteiger partial charge on any atom is 0.224 e. The topological polar surface area (TPSA) is 81.9 Å². The third-order valence-corrected chi connectivity index (χ3v) is 4.63. The van der Waals surface area contributed by atoms with E-state index in [-0.39, 0.29) is 5.91 Å². The van der Waals surface area contributed by atoms with Crippen molar-refractivity contribution in [2.24, 2.45) is 5.92 Å². The summed E-state index contributed by atoms with van der Waals surface area (Å²) in [4.78, 5) is 20.8. The van der Waals surface area contributed by atoms with Crippen molar-refractivity contribution >= 4 is 11.6 Å². The van der Waals surface area contributed by atoms with Crippen LogP contribution in [-0.2, 0) is 4.79 Å². The van der Waals surface area contributed by atoms with E-state index in [9.17, 15) is 4.79 Å². The quantitative estimate of drug-likeness (QED) is 0.658. The SMILES string of the molecule is Cc1nc(Oc2ccc(NC(=O)CC(C)C)cc2)cc(-n2nc(C)c(C)c2C)n1. The maximum atomic E-state index is 11.9. The summed E-state index contributed by atoms with van der Waals surface area (Å²) in [5.74, 6) is 2.65. The van der Waals surface area contributed by atoms with E-state index in [0.717, 1.165) is 22.6 Å². The van der Waals surface area contributed by atoms with Gasteiger partial charge in [-0.15, -0.1) is 0 Å². The number of carbonyl (C=O) groups is 1. The van der Waals surface area contributed by atoms with Crippen molar-refractivity contribution in [3.8, 4) is 17.4 Å². The molecule has 0 unspecified atom stereocenters. The number of anilines is 1. The molecule has 0 aliphatic heterocycles. The largest absolute Gasteiger partial charge is 0.439 e. The molecule has 2 aromatic heterocycles. The normalized spacial score (nSPS) is 11.0. The fourth-order valence-corrected chi connectivity index (χ4v) is 2.94. The van der Waals surface area contributed by atoms with E-state index >= 15 is 0 Å². The van der Waals surface area contributed by atoms with Crippen LogP contribution in [0.4, 0.5) is 5.69 Å². The zero-order chi connectivity index (χ0) is 21.1. The minimum atomic E-state index is 0.00455. The van der Waals surface area contributed by atoms with E-state index < -0.39 is 0 Å². The van der Waals surface area contributed by atoms with Crippen molar-refractivity contribution in [3.63, 3.8) is 0 Å². The van der Waals surface area contributed by atoms with Crippen LogP contribution in [0.1, 0.15) is 43.0 Å². The molecular weight excluding hydrogens is 366 g/mol. The summed E-state index contributed by atoms with van der Waals surface area (Å²) in [7, 11) is 0. The molecule has 0 radical (unpaired) electrons. The lowest BCUT2D eigenvalue weighted by Crippen LogP contribution is -2.13. The molecule has 29 heavy (non-hydrogen) atoms. The van der Waals surface area contributed by atoms with Crippen LogP contribution in [0.2, 0.25) is 0 Å². The van der Waals surface area contributed by atoms with Gasteiger partial charge in [0.05, 0.1) is 5.69 Å². The minimum absolute atomic E-state index is 0.00455. The summed E-state index contributed by atoms with van der Waals surface area (Å²) >= 11 is 0. The Morgan fingerprint density at radius 1 is 1.10 bits per heavy atom. The van der Waals surface area contributed by atoms with Crippen LogP contribution in [0.25, 0.3) is 5.82 Å². The Hall–Kier alpha value is -3.22. The molecule has 0 spiro atoms. The number of carbonyl (C=O) groups excluding carboxylic acids is 1. The van der Waals surface area contributed by atoms with E-state index in [2.05, 4.69) is 20.4 Å². The summed E-state index contributed by atoms with van der Waals surface area (Å²) in [6, 6.07) is 9.00. The van der Waals surface area contributed by atoms with Crippen molar-refractivity contribution in [2.45, 2.75) is 48.0 Å². The van der Waals surface area contributed by atoms with Crippen LogP contribution < -0.4 is 10.1 Å². The third-order valence-electron chi connectivity index (χ3n) is 4.63. The molecule has 3 rings (SSSR count). The lowest BCUT2D eigenvalue weighted by Gasteiger charge is -2.10. The molecule has 1 N–H and O–H groups in total. The number of benzene rings is 1. The van der Waals surface area contributed by atoms with Crippen molar-refractivity contribution in [3.05, 3.63) is 53.1 Å². The average molecular weight is 393 g/mol. The van der Waals surface area contributed by atoms with Crippen molar-refractivity contribution < 1.29 is 9.53 Å². The summed E-state index contributed by atoms with van der Waals surface area (Å²) in [6.45, 7) is 11.9. The lowest BCUT2D eigenvalue weighted by atomic mass is 10.1. The number of aryl methyl sites for hydroxylation is 2. The van der Waals surface area contributed by atoms with Crippen molar-refractivity contribution in [1.82, 2.24) is 19.7 Å². The van der Waals surface area contributed by atoms with Gasteiger partial charge in [-0.2, -0.15) is 10.1 Å². The number of nitrogens with zero attached hydrogens (tertiary/aromatic N) is 4. The zero-order valence-electron chi connectivity index (χ0n) is 17.8. The van der Waals surface area contributed by atoms with Crippen LogP contribution in [0.5, 0.6) is 11.6 Å². The molecule has 0 aliphatic rings. The molecule has 3 aromatic rings. The second kappa shape index (κ2) is 8.43. The number of hydrogen-bond acceptors (Lipinski definition) is 5. The van der Waals surface area contributed by atoms with Gasteiger partial charge in [0, 0.05) is 23.9 Å². The van der Waals surface area contributed by atoms with Gasteiger partial charge in [-0.3, -0.25) is 4.79 Å². The Morgan fingerprint density at radius 3 is 2.38 bits per heavy atom. The van der Waals surface area contributed by atoms with E-state index in [1.54, 1.807) is 22.9 Å². The van der Waals surface area contributed by atoms with E-state index in [1.807, 2.05) is 53.7 Å². The number of hydrogen-bond donors (Lipinski definition) is 1. The van der Waals surface area contributed by atoms with Gasteiger partial charge < -0.3 is 10.1 Å². The van der Waals surface area contributed by atoms with Gasteiger partial charge in [-0.25, -0.2) is 9.67 Å². The molecule has 152 valence electrons. The number of amides is 1. The van der Waals surface area contributed by atoms with E-state index in [0.29, 0.717) is 35.6 Å². The number of nitrogens with one attached hydrogen (secondary N) is 1. The zero-order valence-corrected chi connectivity index (χ0v) is 17.8. The van der Waals surface area contributed by atoms with Crippen molar-refractivity contribution in [2.75, 3.05) is 5.32 Å². The molecular formula is C22H27N5O2. The number of rotatable bonds is 6. The summed E-state index contributed by atoms with van der Waals surface area (Å²) < 4.78 is 7.72. The lowest BCUT2D eigenvalue weighted by molar-refractivity contribution is -0.116. The average Bonchev–Trinajstić information content (AvgIpc) is 2.90. The van der Waals surface area contributed by atoms with Gasteiger partial charge in [0.15, 0.2) is 5.82 Å². The molecule has 1 aromatic carbocycles. The van der Waals surface area contributed by atoms with Gasteiger partial charge >= 0.3 is 0 Å². The highest BCUT2D eigenvalue weighted by molar-refractivity contribution is 5.90. The first-order valence-corrected chi connectivity index (χ1v) is 9.69. The fraction of sp³-hybridized carbons (Fsp3) is 0.364. The Labute approximate surface area is 171 Å². The van der Waals surface area contributed by atoms with Crippen LogP contribution in [0, 0.1) is 33.6 Å². The first kappa shape index (κ1) is 20.5. The van der Waals surface area contributed by atoms with Crippen LogP contribution >= 0.6 is 0 Å². The molecule has 0 saturated carbocycles. The molecule has 0 atom stereocenters. The van der Waals surface area contributed by atoms with Crippen LogP contribution in [-0.4, -0.2) is 25.7 Å². The standard InChI is InChI=1S/C22H27N5O2/c1-13(2)11-21(28)25-18-7-9-19(10-8-18)29-22-12-20(23-17(6)24-22)27-16(5)14(3)15(4)26-27/h7-10,12-13H,11H2,1-6H3,(H,25,28). The molecule has 7 heteroatoms. The van der Waals surface area contributed by atoms with Gasteiger partial charge in [0.1, 0.15) is 11.6 Å². The first-order chi connectivity index (χ1) is 13.7. The van der Waals surface area contributed by atoms with Crippen LogP contribution in [0.15, 0.2) is 30.3 Å². The summed E-state index contributed by atoms with van der Waals surface area (Å²) in [5, 5.41) is 7.45. The highest BCUT2D eigenvalue weighted by Gasteiger charge is 2.13. The molecule has 0 fully saturated rings. The monoisotopic (exact) mass is 393 g/mol. The van der Waals surface area contributed by atoms with E-state index in [4.69, 9.17) is 4.74 Å². The third kappa shape index (κ3) is 4.99. The molecule has 1 amide bonds. The van der Waals surface area contributed by atoms with Crippen molar-refractivity contribution in [1.29, 1.82) is 0 Å². The Morgan fingerprint density at radius 2 is 1.79 bits per heavy atom. The number of ether oxygens (including phenoxy) is 1. The predicted molar refractivity (Wildman–Crippen MR) is 113 cm³/mol. The van der Waals surface area contributed by atoms with Gasteiger partial charge in [-0.1, -0.05) is 13.8 Å². The first-order valence-electron chi connectivity index (χ1n) is 9.69. The minimum Gasteiger partial charge on any atom is -0.439 e. The highest BCUT2D eigenvalue weighted by atomic mass is 16.5. The second-order valence-electron chi connectivity index (χ2n) is 7.59. The highest BCUT2D eigenvalue weighted by Crippen LogP contribution is 2.24. The maximum absolute atomic E-state index is 11.9. The Balaban J connectivity index is 1.77. The van der Waals surface area contributed by atoms with Crippen LogP contribution in [0.3, 0.4) is 0 Å². The fourth-order valence-electron chi connectivity index (χ4n) is 2.94. The molecule has 0 aliphatic carbocycles. The summed E-state index contributed by atoms with van der Waals surface area (Å²) in [6.07, 6.45) is 0.493. The molecule has 0 bridgehead atoms. The second-order valence-corrected chi connectivity index (χ2v) is 7.59. The predicted octanol–water partition coefficient (Wildman–Crippen LogP) is 4.67. The van der Waals surface area contributed by atoms with Gasteiger partial charge in [0.25, 0.3) is 0 Å². The molecule has 0 saturated heterocycles.